The lowest BCUT2D eigenvalue weighted by Crippen LogP contribution is -2.02. The fourth-order valence-electron chi connectivity index (χ4n) is 1.47. The van der Waals surface area contributed by atoms with E-state index in [0.29, 0.717) is 22.9 Å². The SMILES string of the molecule is COC(=O)c1cc(Cl)c2c(c1)SCCCO2. The van der Waals surface area contributed by atoms with E-state index >= 15 is 0 Å². The van der Waals surface area contributed by atoms with Crippen molar-refractivity contribution in [1.29, 1.82) is 0 Å². The molecule has 1 aliphatic rings. The molecular formula is C11H11ClO3S. The number of rotatable bonds is 1. The van der Waals surface area contributed by atoms with Crippen molar-refractivity contribution in [2.24, 2.45) is 0 Å². The van der Waals surface area contributed by atoms with Gasteiger partial charge in [0.25, 0.3) is 0 Å². The van der Waals surface area contributed by atoms with Crippen LogP contribution in [-0.2, 0) is 4.74 Å². The quantitative estimate of drug-likeness (QED) is 0.726. The molecule has 0 bridgehead atoms. The van der Waals surface area contributed by atoms with Crippen LogP contribution in [0, 0.1) is 0 Å². The van der Waals surface area contributed by atoms with E-state index in [9.17, 15) is 4.79 Å². The van der Waals surface area contributed by atoms with Gasteiger partial charge in [0.1, 0.15) is 0 Å². The molecule has 0 spiro atoms. The van der Waals surface area contributed by atoms with E-state index in [1.807, 2.05) is 0 Å². The van der Waals surface area contributed by atoms with Crippen LogP contribution in [0.4, 0.5) is 0 Å². The summed E-state index contributed by atoms with van der Waals surface area (Å²) >= 11 is 7.72. The molecule has 5 heteroatoms. The minimum atomic E-state index is -0.380. The summed E-state index contributed by atoms with van der Waals surface area (Å²) < 4.78 is 10.2. The number of hydrogen-bond acceptors (Lipinski definition) is 4. The Hall–Kier alpha value is -0.870. The molecule has 1 aromatic carbocycles. The molecular weight excluding hydrogens is 248 g/mol. The highest BCUT2D eigenvalue weighted by atomic mass is 35.5. The Morgan fingerprint density at radius 2 is 2.38 bits per heavy atom. The highest BCUT2D eigenvalue weighted by molar-refractivity contribution is 7.99. The van der Waals surface area contributed by atoms with Crippen molar-refractivity contribution in [2.75, 3.05) is 19.5 Å². The average Bonchev–Trinajstić information content (AvgIpc) is 2.53. The van der Waals surface area contributed by atoms with Gasteiger partial charge in [0.05, 0.1) is 29.2 Å². The monoisotopic (exact) mass is 258 g/mol. The van der Waals surface area contributed by atoms with Crippen LogP contribution >= 0.6 is 23.4 Å². The van der Waals surface area contributed by atoms with Gasteiger partial charge in [-0.25, -0.2) is 4.79 Å². The first kappa shape index (κ1) is 11.6. The van der Waals surface area contributed by atoms with E-state index in [-0.39, 0.29) is 5.97 Å². The zero-order valence-electron chi connectivity index (χ0n) is 8.79. The van der Waals surface area contributed by atoms with Crippen molar-refractivity contribution < 1.29 is 14.3 Å². The van der Waals surface area contributed by atoms with Crippen LogP contribution < -0.4 is 4.74 Å². The lowest BCUT2D eigenvalue weighted by molar-refractivity contribution is 0.0600. The summed E-state index contributed by atoms with van der Waals surface area (Å²) in [6.45, 7) is 0.664. The van der Waals surface area contributed by atoms with Crippen molar-refractivity contribution in [3.8, 4) is 5.75 Å². The largest absolute Gasteiger partial charge is 0.491 e. The van der Waals surface area contributed by atoms with E-state index < -0.39 is 0 Å². The molecule has 0 unspecified atom stereocenters. The molecule has 1 aliphatic heterocycles. The Morgan fingerprint density at radius 1 is 1.56 bits per heavy atom. The van der Waals surface area contributed by atoms with Gasteiger partial charge >= 0.3 is 5.97 Å². The first-order valence-corrected chi connectivity index (χ1v) is 6.26. The average molecular weight is 259 g/mol. The van der Waals surface area contributed by atoms with Crippen LogP contribution in [0.15, 0.2) is 17.0 Å². The lowest BCUT2D eigenvalue weighted by atomic mass is 10.2. The smallest absolute Gasteiger partial charge is 0.337 e. The number of carbonyl (C=O) groups is 1. The van der Waals surface area contributed by atoms with Gasteiger partial charge in [-0.1, -0.05) is 11.6 Å². The third kappa shape index (κ3) is 2.28. The number of hydrogen-bond donors (Lipinski definition) is 0. The molecule has 0 N–H and O–H groups in total. The highest BCUT2D eigenvalue weighted by Gasteiger charge is 2.17. The normalized spacial score (nSPS) is 14.6. The number of fused-ring (bicyclic) bond motifs is 1. The number of benzene rings is 1. The number of ether oxygens (including phenoxy) is 2. The fraction of sp³-hybridized carbons (Fsp3) is 0.364. The molecule has 0 aromatic heterocycles. The topological polar surface area (TPSA) is 35.5 Å². The van der Waals surface area contributed by atoms with E-state index in [1.54, 1.807) is 23.9 Å². The summed E-state index contributed by atoms with van der Waals surface area (Å²) in [5.41, 5.74) is 0.462. The highest BCUT2D eigenvalue weighted by Crippen LogP contribution is 2.39. The predicted octanol–water partition coefficient (Wildman–Crippen LogP) is 3.00. The van der Waals surface area contributed by atoms with Crippen molar-refractivity contribution in [3.63, 3.8) is 0 Å². The van der Waals surface area contributed by atoms with E-state index in [2.05, 4.69) is 4.74 Å². The first-order valence-electron chi connectivity index (χ1n) is 4.90. The maximum atomic E-state index is 11.4. The summed E-state index contributed by atoms with van der Waals surface area (Å²) in [6.07, 6.45) is 0.975. The molecule has 0 saturated heterocycles. The fourth-order valence-corrected chi connectivity index (χ4v) is 2.79. The molecule has 0 atom stereocenters. The van der Waals surface area contributed by atoms with Gasteiger partial charge in [0.2, 0.25) is 0 Å². The number of carbonyl (C=O) groups excluding carboxylic acids is 1. The van der Waals surface area contributed by atoms with E-state index in [1.165, 1.54) is 7.11 Å². The summed E-state index contributed by atoms with van der Waals surface area (Å²) in [5, 5.41) is 0.465. The zero-order valence-corrected chi connectivity index (χ0v) is 10.4. The third-order valence-electron chi connectivity index (χ3n) is 2.22. The van der Waals surface area contributed by atoms with Crippen LogP contribution in [0.25, 0.3) is 0 Å². The molecule has 0 radical (unpaired) electrons. The second-order valence-electron chi connectivity index (χ2n) is 3.33. The molecule has 0 aliphatic carbocycles. The van der Waals surface area contributed by atoms with Crippen molar-refractivity contribution >= 4 is 29.3 Å². The van der Waals surface area contributed by atoms with Gasteiger partial charge < -0.3 is 9.47 Å². The number of halogens is 1. The maximum absolute atomic E-state index is 11.4. The van der Waals surface area contributed by atoms with Crippen LogP contribution in [0.2, 0.25) is 5.02 Å². The van der Waals surface area contributed by atoms with Gasteiger partial charge in [0, 0.05) is 5.75 Å². The van der Waals surface area contributed by atoms with Crippen LogP contribution in [0.1, 0.15) is 16.8 Å². The van der Waals surface area contributed by atoms with Gasteiger partial charge in [-0.15, -0.1) is 11.8 Å². The van der Waals surface area contributed by atoms with E-state index in [4.69, 9.17) is 16.3 Å². The molecule has 2 rings (SSSR count). The second-order valence-corrected chi connectivity index (χ2v) is 4.87. The molecule has 1 heterocycles. The molecule has 0 fully saturated rings. The van der Waals surface area contributed by atoms with Gasteiger partial charge in [-0.3, -0.25) is 0 Å². The van der Waals surface area contributed by atoms with Gasteiger partial charge in [0.15, 0.2) is 5.75 Å². The number of esters is 1. The molecule has 0 amide bonds. The van der Waals surface area contributed by atoms with Gasteiger partial charge in [-0.05, 0) is 18.6 Å². The Kier molecular flexibility index (Phi) is 3.61. The maximum Gasteiger partial charge on any atom is 0.337 e. The summed E-state index contributed by atoms with van der Waals surface area (Å²) in [5.74, 6) is 1.26. The van der Waals surface area contributed by atoms with Crippen molar-refractivity contribution in [3.05, 3.63) is 22.7 Å². The lowest BCUT2D eigenvalue weighted by Gasteiger charge is -2.10. The van der Waals surface area contributed by atoms with Crippen molar-refractivity contribution in [2.45, 2.75) is 11.3 Å². The van der Waals surface area contributed by atoms with Crippen molar-refractivity contribution in [1.82, 2.24) is 0 Å². The van der Waals surface area contributed by atoms with E-state index in [0.717, 1.165) is 17.1 Å². The van der Waals surface area contributed by atoms with Crippen LogP contribution in [0.3, 0.4) is 0 Å². The molecule has 1 aromatic rings. The summed E-state index contributed by atoms with van der Waals surface area (Å²) in [4.78, 5) is 12.3. The second kappa shape index (κ2) is 4.97. The number of thioether (sulfide) groups is 1. The molecule has 3 nitrogen and oxygen atoms in total. The molecule has 16 heavy (non-hydrogen) atoms. The third-order valence-corrected chi connectivity index (χ3v) is 3.61. The van der Waals surface area contributed by atoms with Gasteiger partial charge in [-0.2, -0.15) is 0 Å². The van der Waals surface area contributed by atoms with Crippen LogP contribution in [-0.4, -0.2) is 25.4 Å². The summed E-state index contributed by atoms with van der Waals surface area (Å²) in [6, 6.07) is 3.35. The molecule has 0 saturated carbocycles. The first-order chi connectivity index (χ1) is 7.72. The minimum Gasteiger partial charge on any atom is -0.491 e. The zero-order chi connectivity index (χ0) is 11.5. The Morgan fingerprint density at radius 3 is 3.12 bits per heavy atom. The summed E-state index contributed by atoms with van der Waals surface area (Å²) in [7, 11) is 1.35. The van der Waals surface area contributed by atoms with Crippen LogP contribution in [0.5, 0.6) is 5.75 Å². The minimum absolute atomic E-state index is 0.380. The number of methoxy groups -OCH3 is 1. The Bertz CT molecular complexity index is 420. The Balaban J connectivity index is 2.43. The predicted molar refractivity (Wildman–Crippen MR) is 63.6 cm³/mol. The standard InChI is InChI=1S/C11H11ClO3S/c1-14-11(13)7-5-8(12)10-9(6-7)16-4-2-3-15-10/h5-6H,2-4H2,1H3. The molecule has 86 valence electrons. The Labute approximate surface area is 103 Å².